The molecule has 0 unspecified atom stereocenters. The average molecular weight is 304 g/mol. The van der Waals surface area contributed by atoms with Gasteiger partial charge in [-0.25, -0.2) is 4.98 Å². The second-order valence-electron chi connectivity index (χ2n) is 4.59. The van der Waals surface area contributed by atoms with Crippen LogP contribution in [0.5, 0.6) is 0 Å². The fourth-order valence-electron chi connectivity index (χ4n) is 1.92. The molecule has 1 aromatic heterocycles. The van der Waals surface area contributed by atoms with E-state index in [0.717, 1.165) is 5.56 Å². The SMILES string of the molecule is Cc1ncsc1C(=O)N(CC(N)=O)Cc1ccccc1N. The lowest BCUT2D eigenvalue weighted by Gasteiger charge is -2.21. The summed E-state index contributed by atoms with van der Waals surface area (Å²) in [6, 6.07) is 7.21. The van der Waals surface area contributed by atoms with Crippen LogP contribution in [0.4, 0.5) is 5.69 Å². The third-order valence-corrected chi connectivity index (χ3v) is 3.91. The molecule has 2 amide bonds. The van der Waals surface area contributed by atoms with Crippen molar-refractivity contribution in [3.8, 4) is 0 Å². The molecule has 0 bridgehead atoms. The number of aryl methyl sites for hydroxylation is 1. The summed E-state index contributed by atoms with van der Waals surface area (Å²) in [5.41, 5.74) is 14.7. The number of nitrogens with zero attached hydrogens (tertiary/aromatic N) is 2. The van der Waals surface area contributed by atoms with Crippen molar-refractivity contribution in [2.24, 2.45) is 5.73 Å². The molecule has 0 saturated heterocycles. The maximum absolute atomic E-state index is 12.5. The van der Waals surface area contributed by atoms with Crippen LogP contribution in [0.25, 0.3) is 0 Å². The van der Waals surface area contributed by atoms with Crippen molar-refractivity contribution in [3.63, 3.8) is 0 Å². The lowest BCUT2D eigenvalue weighted by Crippen LogP contribution is -2.38. The molecule has 4 N–H and O–H groups in total. The van der Waals surface area contributed by atoms with Gasteiger partial charge in [-0.2, -0.15) is 0 Å². The van der Waals surface area contributed by atoms with Gasteiger partial charge in [0.05, 0.1) is 11.2 Å². The summed E-state index contributed by atoms with van der Waals surface area (Å²) in [5.74, 6) is -0.836. The van der Waals surface area contributed by atoms with Crippen molar-refractivity contribution >= 4 is 28.8 Å². The summed E-state index contributed by atoms with van der Waals surface area (Å²) >= 11 is 1.24. The summed E-state index contributed by atoms with van der Waals surface area (Å²) in [6.45, 7) is 1.82. The van der Waals surface area contributed by atoms with Gasteiger partial charge >= 0.3 is 0 Å². The highest BCUT2D eigenvalue weighted by atomic mass is 32.1. The van der Waals surface area contributed by atoms with E-state index in [-0.39, 0.29) is 19.0 Å². The Labute approximate surface area is 126 Å². The van der Waals surface area contributed by atoms with Gasteiger partial charge in [-0.05, 0) is 18.6 Å². The summed E-state index contributed by atoms with van der Waals surface area (Å²) in [5, 5.41) is 0. The normalized spacial score (nSPS) is 10.3. The van der Waals surface area contributed by atoms with Crippen molar-refractivity contribution in [3.05, 3.63) is 45.9 Å². The van der Waals surface area contributed by atoms with Crippen molar-refractivity contribution in [2.45, 2.75) is 13.5 Å². The minimum absolute atomic E-state index is 0.162. The topological polar surface area (TPSA) is 102 Å². The molecule has 1 heterocycles. The smallest absolute Gasteiger partial charge is 0.266 e. The number of anilines is 1. The monoisotopic (exact) mass is 304 g/mol. The van der Waals surface area contributed by atoms with E-state index in [4.69, 9.17) is 11.5 Å². The third-order valence-electron chi connectivity index (χ3n) is 2.99. The van der Waals surface area contributed by atoms with E-state index in [9.17, 15) is 9.59 Å². The second-order valence-corrected chi connectivity index (χ2v) is 5.45. The highest BCUT2D eigenvalue weighted by Crippen LogP contribution is 2.19. The number of primary amides is 1. The van der Waals surface area contributed by atoms with Crippen LogP contribution in [0.2, 0.25) is 0 Å². The molecule has 2 aromatic rings. The van der Waals surface area contributed by atoms with E-state index < -0.39 is 5.91 Å². The quantitative estimate of drug-likeness (QED) is 0.809. The average Bonchev–Trinajstić information content (AvgIpc) is 2.85. The number of rotatable bonds is 5. The van der Waals surface area contributed by atoms with Gasteiger partial charge in [0.15, 0.2) is 0 Å². The molecule has 0 aliphatic heterocycles. The number of hydrogen-bond acceptors (Lipinski definition) is 5. The molecular weight excluding hydrogens is 288 g/mol. The first-order valence-electron chi connectivity index (χ1n) is 6.30. The minimum Gasteiger partial charge on any atom is -0.398 e. The zero-order valence-corrected chi connectivity index (χ0v) is 12.4. The molecule has 0 aliphatic carbocycles. The standard InChI is InChI=1S/C14H16N4O2S/c1-9-13(21-8-17-9)14(20)18(7-12(16)19)6-10-4-2-3-5-11(10)15/h2-5,8H,6-7,15H2,1H3,(H2,16,19). The zero-order valence-electron chi connectivity index (χ0n) is 11.6. The Morgan fingerprint density at radius 2 is 2.05 bits per heavy atom. The Hall–Kier alpha value is -2.41. The molecule has 2 rings (SSSR count). The van der Waals surface area contributed by atoms with E-state index in [1.54, 1.807) is 18.5 Å². The van der Waals surface area contributed by atoms with Crippen LogP contribution in [0.3, 0.4) is 0 Å². The van der Waals surface area contributed by atoms with Crippen LogP contribution in [0, 0.1) is 6.92 Å². The number of carbonyl (C=O) groups excluding carboxylic acids is 2. The van der Waals surface area contributed by atoms with E-state index in [1.165, 1.54) is 16.2 Å². The molecule has 0 saturated carbocycles. The van der Waals surface area contributed by atoms with Gasteiger partial charge in [0, 0.05) is 12.2 Å². The molecule has 0 atom stereocenters. The zero-order chi connectivity index (χ0) is 15.4. The summed E-state index contributed by atoms with van der Waals surface area (Å²) in [6.07, 6.45) is 0. The molecule has 0 spiro atoms. The highest BCUT2D eigenvalue weighted by molar-refractivity contribution is 7.11. The number of nitrogens with two attached hydrogens (primary N) is 2. The molecule has 21 heavy (non-hydrogen) atoms. The number of nitrogen functional groups attached to an aromatic ring is 1. The van der Waals surface area contributed by atoms with Crippen molar-refractivity contribution in [2.75, 3.05) is 12.3 Å². The van der Waals surface area contributed by atoms with E-state index >= 15 is 0 Å². The number of aromatic nitrogens is 1. The van der Waals surface area contributed by atoms with Crippen LogP contribution in [0.1, 0.15) is 20.9 Å². The summed E-state index contributed by atoms with van der Waals surface area (Å²) in [4.78, 5) is 29.7. The molecule has 0 fully saturated rings. The van der Waals surface area contributed by atoms with Gasteiger partial charge in [0.2, 0.25) is 5.91 Å². The minimum atomic E-state index is -0.569. The van der Waals surface area contributed by atoms with Crippen molar-refractivity contribution in [1.82, 2.24) is 9.88 Å². The van der Waals surface area contributed by atoms with E-state index in [0.29, 0.717) is 16.3 Å². The third kappa shape index (κ3) is 3.57. The van der Waals surface area contributed by atoms with E-state index in [1.807, 2.05) is 18.2 Å². The Morgan fingerprint density at radius 3 is 2.62 bits per heavy atom. The van der Waals surface area contributed by atoms with Gasteiger partial charge in [-0.1, -0.05) is 18.2 Å². The van der Waals surface area contributed by atoms with Crippen LogP contribution >= 0.6 is 11.3 Å². The van der Waals surface area contributed by atoms with Gasteiger partial charge < -0.3 is 16.4 Å². The van der Waals surface area contributed by atoms with Crippen LogP contribution in [0.15, 0.2) is 29.8 Å². The summed E-state index contributed by atoms with van der Waals surface area (Å²) < 4.78 is 0. The number of benzene rings is 1. The number of carbonyl (C=O) groups is 2. The Balaban J connectivity index is 2.27. The van der Waals surface area contributed by atoms with Crippen molar-refractivity contribution < 1.29 is 9.59 Å². The fourth-order valence-corrected chi connectivity index (χ4v) is 2.69. The molecule has 110 valence electrons. The molecule has 0 radical (unpaired) electrons. The van der Waals surface area contributed by atoms with Crippen LogP contribution in [-0.4, -0.2) is 28.2 Å². The molecule has 7 heteroatoms. The summed E-state index contributed by atoms with van der Waals surface area (Å²) in [7, 11) is 0. The molecule has 6 nitrogen and oxygen atoms in total. The number of para-hydroxylation sites is 1. The van der Waals surface area contributed by atoms with Crippen LogP contribution in [-0.2, 0) is 11.3 Å². The number of amides is 2. The fraction of sp³-hybridized carbons (Fsp3) is 0.214. The molecular formula is C14H16N4O2S. The first-order chi connectivity index (χ1) is 9.99. The van der Waals surface area contributed by atoms with Crippen molar-refractivity contribution in [1.29, 1.82) is 0 Å². The van der Waals surface area contributed by atoms with Gasteiger partial charge in [0.1, 0.15) is 11.4 Å². The first kappa shape index (κ1) is 15.0. The lowest BCUT2D eigenvalue weighted by molar-refractivity contribution is -0.118. The number of hydrogen-bond donors (Lipinski definition) is 2. The van der Waals surface area contributed by atoms with Gasteiger partial charge in [-0.15, -0.1) is 11.3 Å². The predicted molar refractivity (Wildman–Crippen MR) is 81.6 cm³/mol. The maximum atomic E-state index is 12.5. The lowest BCUT2D eigenvalue weighted by atomic mass is 10.1. The maximum Gasteiger partial charge on any atom is 0.266 e. The van der Waals surface area contributed by atoms with Gasteiger partial charge in [0.25, 0.3) is 5.91 Å². The second kappa shape index (κ2) is 6.36. The highest BCUT2D eigenvalue weighted by Gasteiger charge is 2.22. The largest absolute Gasteiger partial charge is 0.398 e. The van der Waals surface area contributed by atoms with Gasteiger partial charge in [-0.3, -0.25) is 9.59 Å². The molecule has 1 aromatic carbocycles. The first-order valence-corrected chi connectivity index (χ1v) is 7.18. The Bertz CT molecular complexity index is 668. The molecule has 0 aliphatic rings. The number of thiazole rings is 1. The van der Waals surface area contributed by atoms with E-state index in [2.05, 4.69) is 4.98 Å². The Morgan fingerprint density at radius 1 is 1.33 bits per heavy atom. The predicted octanol–water partition coefficient (Wildman–Crippen LogP) is 1.16. The Kier molecular flexibility index (Phi) is 4.54. The van der Waals surface area contributed by atoms with Crippen LogP contribution < -0.4 is 11.5 Å².